The van der Waals surface area contributed by atoms with Crippen molar-refractivity contribution in [2.45, 2.75) is 13.0 Å². The summed E-state index contributed by atoms with van der Waals surface area (Å²) in [6.45, 7) is 5.02. The van der Waals surface area contributed by atoms with Crippen molar-refractivity contribution in [2.24, 2.45) is 0 Å². The van der Waals surface area contributed by atoms with Gasteiger partial charge in [-0.25, -0.2) is 0 Å². The van der Waals surface area contributed by atoms with Gasteiger partial charge in [-0.05, 0) is 42.8 Å². The van der Waals surface area contributed by atoms with Gasteiger partial charge in [0.05, 0.1) is 17.3 Å². The maximum Gasteiger partial charge on any atom is 0.256 e. The lowest BCUT2D eigenvalue weighted by atomic mass is 10.0. The summed E-state index contributed by atoms with van der Waals surface area (Å²) in [7, 11) is 0. The third kappa shape index (κ3) is 5.76. The monoisotopic (exact) mass is 522 g/mol. The number of para-hydroxylation sites is 2. The molecule has 1 atom stereocenters. The third-order valence-corrected chi connectivity index (χ3v) is 6.40. The van der Waals surface area contributed by atoms with Crippen molar-refractivity contribution in [1.29, 1.82) is 0 Å². The van der Waals surface area contributed by atoms with E-state index in [1.807, 2.05) is 65.6 Å². The molecule has 1 aliphatic heterocycles. The van der Waals surface area contributed by atoms with Gasteiger partial charge in [0, 0.05) is 43.2 Å². The predicted octanol–water partition coefficient (Wildman–Crippen LogP) is 5.82. The summed E-state index contributed by atoms with van der Waals surface area (Å²) in [5.41, 5.74) is 5.90. The molecule has 0 saturated carbocycles. The molecule has 1 aliphatic rings. The number of hydrogen-bond donors (Lipinski definition) is 2. The van der Waals surface area contributed by atoms with Gasteiger partial charge < -0.3 is 20.1 Å². The maximum absolute atomic E-state index is 14.1. The first-order chi connectivity index (χ1) is 16.7. The Morgan fingerprint density at radius 3 is 2.19 bits per heavy atom. The molecule has 5 rings (SSSR count). The second-order valence-electron chi connectivity index (χ2n) is 8.69. The van der Waals surface area contributed by atoms with Crippen LogP contribution in [0.25, 0.3) is 16.9 Å². The van der Waals surface area contributed by atoms with E-state index in [-0.39, 0.29) is 36.8 Å². The van der Waals surface area contributed by atoms with Crippen LogP contribution in [0.5, 0.6) is 0 Å². The summed E-state index contributed by atoms with van der Waals surface area (Å²) in [6.07, 6.45) is 0. The molecule has 1 saturated heterocycles. The summed E-state index contributed by atoms with van der Waals surface area (Å²) in [5, 5.41) is 6.96. The van der Waals surface area contributed by atoms with Crippen LogP contribution in [0.3, 0.4) is 0 Å². The van der Waals surface area contributed by atoms with E-state index in [0.717, 1.165) is 47.0 Å². The van der Waals surface area contributed by atoms with Crippen LogP contribution in [0.4, 0.5) is 5.69 Å². The van der Waals surface area contributed by atoms with Crippen molar-refractivity contribution in [1.82, 2.24) is 14.8 Å². The molecule has 2 heterocycles. The highest BCUT2D eigenvalue weighted by Crippen LogP contribution is 2.32. The fourth-order valence-electron chi connectivity index (χ4n) is 4.75. The molecule has 0 radical (unpaired) electrons. The van der Waals surface area contributed by atoms with E-state index in [9.17, 15) is 4.79 Å². The Morgan fingerprint density at radius 1 is 0.917 bits per heavy atom. The fraction of sp³-hybridized carbons (Fsp3) is 0.207. The molecule has 0 bridgehead atoms. The van der Waals surface area contributed by atoms with Crippen LogP contribution in [0.2, 0.25) is 0 Å². The van der Waals surface area contributed by atoms with Crippen LogP contribution < -0.4 is 10.6 Å². The number of halogens is 2. The summed E-state index contributed by atoms with van der Waals surface area (Å²) in [5.74, 6) is 0.0815. The van der Waals surface area contributed by atoms with E-state index in [0.29, 0.717) is 13.1 Å². The number of anilines is 1. The van der Waals surface area contributed by atoms with Gasteiger partial charge in [-0.2, -0.15) is 0 Å². The Bertz CT molecular complexity index is 1250. The van der Waals surface area contributed by atoms with Gasteiger partial charge in [-0.3, -0.25) is 4.79 Å². The smallest absolute Gasteiger partial charge is 0.256 e. The number of nitrogens with one attached hydrogen (secondary N) is 2. The number of carbonyl (C=O) groups is 1. The largest absolute Gasteiger partial charge is 0.383 e. The number of aryl methyl sites for hydroxylation is 1. The van der Waals surface area contributed by atoms with Gasteiger partial charge in [-0.1, -0.05) is 66.7 Å². The molecule has 0 spiro atoms. The first-order valence-corrected chi connectivity index (χ1v) is 11.9. The minimum absolute atomic E-state index is 0. The van der Waals surface area contributed by atoms with Crippen molar-refractivity contribution < 1.29 is 4.79 Å². The summed E-state index contributed by atoms with van der Waals surface area (Å²) >= 11 is 0. The van der Waals surface area contributed by atoms with Gasteiger partial charge in [0.25, 0.3) is 5.91 Å². The van der Waals surface area contributed by atoms with Crippen molar-refractivity contribution in [3.8, 4) is 16.9 Å². The summed E-state index contributed by atoms with van der Waals surface area (Å²) in [4.78, 5) is 16.1. The molecule has 1 amide bonds. The summed E-state index contributed by atoms with van der Waals surface area (Å²) < 4.78 is 2.20. The summed E-state index contributed by atoms with van der Waals surface area (Å²) in [6, 6.07) is 32.7. The lowest BCUT2D eigenvalue weighted by Crippen LogP contribution is -2.56. The Balaban J connectivity index is 0.00000180. The SMILES string of the molecule is Cc1cc(C(=O)N2CCNC[C@@H]2CNc2ccccc2)c(-c2ccccc2)n1-c1ccccc1.Cl.Cl. The first-order valence-electron chi connectivity index (χ1n) is 11.9. The van der Waals surface area contributed by atoms with Crippen LogP contribution in [0, 0.1) is 6.92 Å². The van der Waals surface area contributed by atoms with Crippen molar-refractivity contribution >= 4 is 36.4 Å². The van der Waals surface area contributed by atoms with E-state index < -0.39 is 0 Å². The zero-order valence-corrected chi connectivity index (χ0v) is 21.9. The zero-order valence-electron chi connectivity index (χ0n) is 20.3. The number of aromatic nitrogens is 1. The van der Waals surface area contributed by atoms with E-state index >= 15 is 0 Å². The van der Waals surface area contributed by atoms with Crippen molar-refractivity contribution in [2.75, 3.05) is 31.5 Å². The Hall–Kier alpha value is -3.25. The van der Waals surface area contributed by atoms with Gasteiger partial charge in [0.2, 0.25) is 0 Å². The standard InChI is InChI=1S/C29H30N4O.2ClH/c1-22-19-27(28(23-11-5-2-6-12-23)33(22)25-15-9-4-10-16-25)29(34)32-18-17-30-20-26(32)21-31-24-13-7-3-8-14-24;;/h2-16,19,26,30-31H,17-18,20-21H2,1H3;2*1H/t26-;;/m1../s1. The Morgan fingerprint density at radius 2 is 1.53 bits per heavy atom. The number of piperazine rings is 1. The average Bonchev–Trinajstić information content (AvgIpc) is 3.26. The highest BCUT2D eigenvalue weighted by molar-refractivity contribution is 6.01. The predicted molar refractivity (Wildman–Crippen MR) is 153 cm³/mol. The molecular formula is C29H32Cl2N4O. The van der Waals surface area contributed by atoms with Crippen molar-refractivity contribution in [3.63, 3.8) is 0 Å². The Kier molecular flexibility index (Phi) is 9.59. The number of carbonyl (C=O) groups excluding carboxylic acids is 1. The minimum atomic E-state index is 0. The lowest BCUT2D eigenvalue weighted by molar-refractivity contribution is 0.0650. The van der Waals surface area contributed by atoms with Crippen molar-refractivity contribution in [3.05, 3.63) is 108 Å². The van der Waals surface area contributed by atoms with Gasteiger partial charge in [0.1, 0.15) is 0 Å². The van der Waals surface area contributed by atoms with E-state index in [4.69, 9.17) is 0 Å². The van der Waals surface area contributed by atoms with Crippen LogP contribution in [0.1, 0.15) is 16.1 Å². The molecule has 3 aromatic carbocycles. The normalized spacial score (nSPS) is 14.9. The average molecular weight is 524 g/mol. The maximum atomic E-state index is 14.1. The Labute approximate surface area is 225 Å². The molecule has 0 unspecified atom stereocenters. The van der Waals surface area contributed by atoms with Gasteiger partial charge in [0.15, 0.2) is 0 Å². The van der Waals surface area contributed by atoms with E-state index in [1.165, 1.54) is 0 Å². The molecular weight excluding hydrogens is 491 g/mol. The van der Waals surface area contributed by atoms with Gasteiger partial charge >= 0.3 is 0 Å². The highest BCUT2D eigenvalue weighted by atomic mass is 35.5. The molecule has 188 valence electrons. The molecule has 0 aliphatic carbocycles. The zero-order chi connectivity index (χ0) is 23.3. The second-order valence-corrected chi connectivity index (χ2v) is 8.69. The number of hydrogen-bond acceptors (Lipinski definition) is 3. The fourth-order valence-corrected chi connectivity index (χ4v) is 4.75. The van der Waals surface area contributed by atoms with Gasteiger partial charge in [-0.15, -0.1) is 24.8 Å². The topological polar surface area (TPSA) is 49.3 Å². The molecule has 1 aromatic heterocycles. The van der Waals surface area contributed by atoms with Crippen LogP contribution >= 0.6 is 24.8 Å². The number of benzene rings is 3. The molecule has 7 heteroatoms. The molecule has 1 fully saturated rings. The number of nitrogens with zero attached hydrogens (tertiary/aromatic N) is 2. The molecule has 2 N–H and O–H groups in total. The van der Waals surface area contributed by atoms with Crippen LogP contribution in [-0.2, 0) is 0 Å². The third-order valence-electron chi connectivity index (χ3n) is 6.40. The van der Waals surface area contributed by atoms with E-state index in [2.05, 4.69) is 58.5 Å². The first kappa shape index (κ1) is 27.3. The number of rotatable bonds is 6. The quantitative estimate of drug-likeness (QED) is 0.335. The highest BCUT2D eigenvalue weighted by Gasteiger charge is 2.31. The van der Waals surface area contributed by atoms with E-state index in [1.54, 1.807) is 0 Å². The second kappa shape index (κ2) is 12.6. The molecule has 5 nitrogen and oxygen atoms in total. The molecule has 4 aromatic rings. The number of amides is 1. The lowest BCUT2D eigenvalue weighted by Gasteiger charge is -2.36. The van der Waals surface area contributed by atoms with Crippen LogP contribution in [0.15, 0.2) is 97.1 Å². The van der Waals surface area contributed by atoms with Crippen LogP contribution in [-0.4, -0.2) is 47.6 Å². The molecule has 36 heavy (non-hydrogen) atoms. The minimum Gasteiger partial charge on any atom is -0.383 e.